The Labute approximate surface area is 404 Å². The summed E-state index contributed by atoms with van der Waals surface area (Å²) in [6.07, 6.45) is 0. The van der Waals surface area contributed by atoms with Gasteiger partial charge in [-0.2, -0.15) is 0 Å². The van der Waals surface area contributed by atoms with Gasteiger partial charge >= 0.3 is 0 Å². The van der Waals surface area contributed by atoms with Crippen LogP contribution in [0.25, 0.3) is 44.5 Å². The maximum atomic E-state index is 2.54. The van der Waals surface area contributed by atoms with Crippen molar-refractivity contribution in [1.29, 1.82) is 0 Å². The molecule has 324 valence electrons. The SMILES string of the molecule is c1ccc(-c2ccc(-c3cccc(N(c4ccc5c(c4)C(c4ccccc4)(c4ccccc4)c4ccccc4-5)c4cccc5c4-c4ccccc4C5(c4ccccc4)c4ccccc4)c3)cc2)cc1. The van der Waals surface area contributed by atoms with Crippen molar-refractivity contribution < 1.29 is 0 Å². The minimum absolute atomic E-state index is 0.548. The van der Waals surface area contributed by atoms with Crippen LogP contribution in [0.15, 0.2) is 285 Å². The Kier molecular flexibility index (Phi) is 9.70. The lowest BCUT2D eigenvalue weighted by Crippen LogP contribution is -2.29. The standard InChI is InChI=1S/C68H47N/c1-6-22-48(23-7-1)49-40-42-50(43-41-49)51-24-20-33-56(46-51)69(57-44-45-59-58-34-16-18-36-61(58)68(64(59)47-57,54-29-12-4-13-30-54)55-31-14-5-15-32-55)65-39-21-38-63-66(65)60-35-17-19-37-62(60)67(63,52-25-8-2-9-26-52)53-27-10-3-11-28-53/h1-47H. The van der Waals surface area contributed by atoms with Crippen molar-refractivity contribution in [3.05, 3.63) is 330 Å². The molecule has 2 aliphatic rings. The average Bonchev–Trinajstić information content (AvgIpc) is 3.91. The molecule has 0 saturated heterocycles. The molecular weight excluding hydrogens is 831 g/mol. The number of nitrogens with zero attached hydrogens (tertiary/aromatic N) is 1. The van der Waals surface area contributed by atoms with Crippen LogP contribution in [0.5, 0.6) is 0 Å². The van der Waals surface area contributed by atoms with Crippen LogP contribution in [0, 0.1) is 0 Å². The Balaban J connectivity index is 1.09. The van der Waals surface area contributed by atoms with Crippen LogP contribution in [0.1, 0.15) is 44.5 Å². The first kappa shape index (κ1) is 40.5. The molecule has 0 fully saturated rings. The summed E-state index contributed by atoms with van der Waals surface area (Å²) in [6.45, 7) is 0. The molecule has 0 saturated carbocycles. The highest BCUT2D eigenvalue weighted by atomic mass is 15.1. The number of fused-ring (bicyclic) bond motifs is 6. The molecule has 0 unspecified atom stereocenters. The van der Waals surface area contributed by atoms with E-state index in [1.54, 1.807) is 0 Å². The first-order valence-corrected chi connectivity index (χ1v) is 24.0. The van der Waals surface area contributed by atoms with Crippen molar-refractivity contribution in [2.24, 2.45) is 0 Å². The van der Waals surface area contributed by atoms with E-state index in [4.69, 9.17) is 0 Å². The number of rotatable bonds is 9. The summed E-state index contributed by atoms with van der Waals surface area (Å²) < 4.78 is 0. The predicted octanol–water partition coefficient (Wildman–Crippen LogP) is 17.2. The topological polar surface area (TPSA) is 3.24 Å². The van der Waals surface area contributed by atoms with Gasteiger partial charge in [0, 0.05) is 16.9 Å². The van der Waals surface area contributed by atoms with Crippen molar-refractivity contribution in [3.8, 4) is 44.5 Å². The van der Waals surface area contributed by atoms with Gasteiger partial charge in [0.05, 0.1) is 16.5 Å². The first-order chi connectivity index (χ1) is 34.2. The van der Waals surface area contributed by atoms with E-state index >= 15 is 0 Å². The molecule has 0 aliphatic heterocycles. The van der Waals surface area contributed by atoms with Crippen molar-refractivity contribution in [1.82, 2.24) is 0 Å². The van der Waals surface area contributed by atoms with Gasteiger partial charge in [0.1, 0.15) is 0 Å². The molecule has 1 nitrogen and oxygen atoms in total. The molecule has 1 heteroatoms. The zero-order chi connectivity index (χ0) is 45.8. The van der Waals surface area contributed by atoms with E-state index in [1.165, 1.54) is 83.5 Å². The lowest BCUT2D eigenvalue weighted by atomic mass is 9.67. The van der Waals surface area contributed by atoms with E-state index in [9.17, 15) is 0 Å². The van der Waals surface area contributed by atoms with E-state index in [0.717, 1.165) is 22.6 Å². The highest BCUT2D eigenvalue weighted by molar-refractivity contribution is 5.99. The number of anilines is 3. The Morgan fingerprint density at radius 3 is 1.20 bits per heavy atom. The molecule has 13 rings (SSSR count). The lowest BCUT2D eigenvalue weighted by molar-refractivity contribution is 0.768. The molecule has 0 N–H and O–H groups in total. The zero-order valence-corrected chi connectivity index (χ0v) is 38.1. The van der Waals surface area contributed by atoms with Gasteiger partial charge in [-0.05, 0) is 114 Å². The third kappa shape index (κ3) is 6.24. The number of hydrogen-bond acceptors (Lipinski definition) is 1. The van der Waals surface area contributed by atoms with Crippen LogP contribution >= 0.6 is 0 Å². The van der Waals surface area contributed by atoms with Crippen LogP contribution in [-0.4, -0.2) is 0 Å². The monoisotopic (exact) mass is 877 g/mol. The smallest absolute Gasteiger partial charge is 0.0714 e. The summed E-state index contributed by atoms with van der Waals surface area (Å²) in [7, 11) is 0. The molecule has 0 bridgehead atoms. The fraction of sp³-hybridized carbons (Fsp3) is 0.0294. The van der Waals surface area contributed by atoms with E-state index in [-0.39, 0.29) is 0 Å². The van der Waals surface area contributed by atoms with Crippen molar-refractivity contribution >= 4 is 17.1 Å². The maximum absolute atomic E-state index is 2.54. The van der Waals surface area contributed by atoms with Gasteiger partial charge in [-0.25, -0.2) is 0 Å². The van der Waals surface area contributed by atoms with Gasteiger partial charge in [-0.1, -0.05) is 255 Å². The summed E-state index contributed by atoms with van der Waals surface area (Å²) in [5.41, 5.74) is 22.1. The third-order valence-corrected chi connectivity index (χ3v) is 14.8. The quantitative estimate of drug-likeness (QED) is 0.140. The fourth-order valence-electron chi connectivity index (χ4n) is 12.0. The highest BCUT2D eigenvalue weighted by Gasteiger charge is 2.49. The van der Waals surface area contributed by atoms with Gasteiger partial charge in [-0.3, -0.25) is 0 Å². The Morgan fingerprint density at radius 2 is 0.623 bits per heavy atom. The minimum atomic E-state index is -0.556. The second kappa shape index (κ2) is 16.5. The molecule has 69 heavy (non-hydrogen) atoms. The molecular formula is C68H47N. The molecule has 0 radical (unpaired) electrons. The van der Waals surface area contributed by atoms with Crippen LogP contribution in [0.3, 0.4) is 0 Å². The van der Waals surface area contributed by atoms with Gasteiger partial charge in [0.25, 0.3) is 0 Å². The van der Waals surface area contributed by atoms with Crippen LogP contribution < -0.4 is 4.90 Å². The fourth-order valence-corrected chi connectivity index (χ4v) is 12.0. The summed E-state index contributed by atoms with van der Waals surface area (Å²) >= 11 is 0. The first-order valence-electron chi connectivity index (χ1n) is 24.0. The molecule has 0 amide bonds. The molecule has 11 aromatic rings. The van der Waals surface area contributed by atoms with Gasteiger partial charge in [0.15, 0.2) is 0 Å². The van der Waals surface area contributed by atoms with Gasteiger partial charge in [0.2, 0.25) is 0 Å². The minimum Gasteiger partial charge on any atom is -0.310 e. The largest absolute Gasteiger partial charge is 0.310 e. The molecule has 11 aromatic carbocycles. The van der Waals surface area contributed by atoms with Gasteiger partial charge < -0.3 is 4.90 Å². The van der Waals surface area contributed by atoms with Gasteiger partial charge in [-0.15, -0.1) is 0 Å². The summed E-state index contributed by atoms with van der Waals surface area (Å²) in [5.74, 6) is 0. The summed E-state index contributed by atoms with van der Waals surface area (Å²) in [4.78, 5) is 2.54. The van der Waals surface area contributed by atoms with E-state index in [0.29, 0.717) is 0 Å². The Hall–Kier alpha value is -8.78. The van der Waals surface area contributed by atoms with E-state index in [1.807, 2.05) is 0 Å². The van der Waals surface area contributed by atoms with E-state index < -0.39 is 10.8 Å². The third-order valence-electron chi connectivity index (χ3n) is 14.8. The Morgan fingerprint density at radius 1 is 0.232 bits per heavy atom. The maximum Gasteiger partial charge on any atom is 0.0714 e. The molecule has 0 heterocycles. The van der Waals surface area contributed by atoms with Crippen LogP contribution in [-0.2, 0) is 10.8 Å². The van der Waals surface area contributed by atoms with E-state index in [2.05, 4.69) is 290 Å². The number of hydrogen-bond donors (Lipinski definition) is 0. The zero-order valence-electron chi connectivity index (χ0n) is 38.1. The Bertz CT molecular complexity index is 3560. The van der Waals surface area contributed by atoms with Crippen molar-refractivity contribution in [3.63, 3.8) is 0 Å². The molecule has 2 aliphatic carbocycles. The number of benzene rings is 11. The van der Waals surface area contributed by atoms with Crippen LogP contribution in [0.2, 0.25) is 0 Å². The molecule has 0 aromatic heterocycles. The predicted molar refractivity (Wildman–Crippen MR) is 287 cm³/mol. The molecule has 0 atom stereocenters. The second-order valence-electron chi connectivity index (χ2n) is 18.3. The second-order valence-corrected chi connectivity index (χ2v) is 18.3. The average molecular weight is 878 g/mol. The molecule has 0 spiro atoms. The summed E-state index contributed by atoms with van der Waals surface area (Å²) in [6, 6.07) is 106. The van der Waals surface area contributed by atoms with Crippen LogP contribution in [0.4, 0.5) is 17.1 Å². The lowest BCUT2D eigenvalue weighted by Gasteiger charge is -2.35. The van der Waals surface area contributed by atoms with Crippen molar-refractivity contribution in [2.45, 2.75) is 10.8 Å². The van der Waals surface area contributed by atoms with Crippen molar-refractivity contribution in [2.75, 3.05) is 4.90 Å². The summed E-state index contributed by atoms with van der Waals surface area (Å²) in [5, 5.41) is 0. The normalized spacial score (nSPS) is 13.4. The highest BCUT2D eigenvalue weighted by Crippen LogP contribution is 2.61.